The highest BCUT2D eigenvalue weighted by atomic mass is 15.2. The maximum absolute atomic E-state index is 9.10. The molecule has 2 rings (SSSR count). The van der Waals surface area contributed by atoms with Crippen LogP contribution in [0, 0.1) is 18.3 Å². The first kappa shape index (κ1) is 9.94. The molecule has 0 amide bonds. The van der Waals surface area contributed by atoms with Gasteiger partial charge in [-0.15, -0.1) is 0 Å². The molecule has 15 heavy (non-hydrogen) atoms. The van der Waals surface area contributed by atoms with E-state index in [0.29, 0.717) is 5.56 Å². The molecule has 1 aromatic rings. The van der Waals surface area contributed by atoms with Gasteiger partial charge in [-0.1, -0.05) is 0 Å². The number of aryl methyl sites for hydroxylation is 1. The number of rotatable bonds is 1. The fourth-order valence-corrected chi connectivity index (χ4v) is 1.80. The zero-order valence-corrected chi connectivity index (χ0v) is 8.82. The van der Waals surface area contributed by atoms with Crippen LogP contribution in [0.5, 0.6) is 0 Å². The number of nitrogens with one attached hydrogen (secondary N) is 1. The molecule has 1 saturated heterocycles. The maximum Gasteiger partial charge on any atom is 0.146 e. The number of aromatic nitrogens is 1. The second-order valence-electron chi connectivity index (χ2n) is 3.68. The highest BCUT2D eigenvalue weighted by Gasteiger charge is 2.16. The fraction of sp³-hybridized carbons (Fsp3) is 0.455. The molecular weight excluding hydrogens is 188 g/mol. The van der Waals surface area contributed by atoms with E-state index in [0.717, 1.165) is 37.6 Å². The molecule has 0 unspecified atom stereocenters. The van der Waals surface area contributed by atoms with Crippen LogP contribution in [0.2, 0.25) is 0 Å². The van der Waals surface area contributed by atoms with Crippen LogP contribution in [-0.2, 0) is 0 Å². The third-order valence-corrected chi connectivity index (χ3v) is 2.67. The Morgan fingerprint density at radius 2 is 2.20 bits per heavy atom. The Morgan fingerprint density at radius 1 is 1.47 bits per heavy atom. The number of nitriles is 1. The Kier molecular flexibility index (Phi) is 2.84. The van der Waals surface area contributed by atoms with Crippen molar-refractivity contribution in [3.8, 4) is 6.07 Å². The summed E-state index contributed by atoms with van der Waals surface area (Å²) in [4.78, 5) is 6.48. The van der Waals surface area contributed by atoms with E-state index in [1.165, 1.54) is 0 Å². The summed E-state index contributed by atoms with van der Waals surface area (Å²) in [6.45, 7) is 5.71. The van der Waals surface area contributed by atoms with Crippen LogP contribution in [0.4, 0.5) is 5.82 Å². The largest absolute Gasteiger partial charge is 0.353 e. The smallest absolute Gasteiger partial charge is 0.146 e. The molecule has 0 atom stereocenters. The first-order valence-electron chi connectivity index (χ1n) is 5.14. The van der Waals surface area contributed by atoms with Gasteiger partial charge in [-0.25, -0.2) is 4.98 Å². The summed E-state index contributed by atoms with van der Waals surface area (Å²) in [5, 5.41) is 12.4. The van der Waals surface area contributed by atoms with E-state index >= 15 is 0 Å². The van der Waals surface area contributed by atoms with Crippen LogP contribution < -0.4 is 10.2 Å². The van der Waals surface area contributed by atoms with Gasteiger partial charge in [0.1, 0.15) is 11.9 Å². The standard InChI is InChI=1S/C11H14N4/c1-9-2-3-14-11(10(9)8-12)15-6-4-13-5-7-15/h2-3,13H,4-7H2,1H3. The summed E-state index contributed by atoms with van der Waals surface area (Å²) in [6.07, 6.45) is 1.77. The van der Waals surface area contributed by atoms with E-state index in [9.17, 15) is 0 Å². The van der Waals surface area contributed by atoms with Gasteiger partial charge >= 0.3 is 0 Å². The van der Waals surface area contributed by atoms with Crippen LogP contribution >= 0.6 is 0 Å². The van der Waals surface area contributed by atoms with Crippen LogP contribution in [0.25, 0.3) is 0 Å². The zero-order valence-electron chi connectivity index (χ0n) is 8.82. The number of nitrogens with zero attached hydrogens (tertiary/aromatic N) is 3. The molecule has 0 aliphatic carbocycles. The molecule has 78 valence electrons. The quantitative estimate of drug-likeness (QED) is 0.727. The minimum Gasteiger partial charge on any atom is -0.353 e. The Balaban J connectivity index is 2.34. The molecule has 4 heteroatoms. The predicted octanol–water partition coefficient (Wildman–Crippen LogP) is 0.671. The number of piperazine rings is 1. The lowest BCUT2D eigenvalue weighted by atomic mass is 10.1. The van der Waals surface area contributed by atoms with E-state index in [1.807, 2.05) is 13.0 Å². The van der Waals surface area contributed by atoms with Crippen molar-refractivity contribution >= 4 is 5.82 Å². The second kappa shape index (κ2) is 4.28. The second-order valence-corrected chi connectivity index (χ2v) is 3.68. The first-order chi connectivity index (χ1) is 7.33. The Bertz CT molecular complexity index is 388. The fourth-order valence-electron chi connectivity index (χ4n) is 1.80. The van der Waals surface area contributed by atoms with Crippen molar-refractivity contribution in [2.75, 3.05) is 31.1 Å². The van der Waals surface area contributed by atoms with Gasteiger partial charge in [0.2, 0.25) is 0 Å². The van der Waals surface area contributed by atoms with Crippen molar-refractivity contribution < 1.29 is 0 Å². The van der Waals surface area contributed by atoms with Gasteiger partial charge in [-0.05, 0) is 18.6 Å². The lowest BCUT2D eigenvalue weighted by Crippen LogP contribution is -2.44. The average molecular weight is 202 g/mol. The average Bonchev–Trinajstić information content (AvgIpc) is 2.30. The minimum atomic E-state index is 0.708. The summed E-state index contributed by atoms with van der Waals surface area (Å²) in [7, 11) is 0. The van der Waals surface area contributed by atoms with Crippen molar-refractivity contribution in [2.45, 2.75) is 6.92 Å². The Labute approximate surface area is 89.5 Å². The highest BCUT2D eigenvalue weighted by Crippen LogP contribution is 2.19. The van der Waals surface area contributed by atoms with Crippen molar-refractivity contribution in [1.82, 2.24) is 10.3 Å². The van der Waals surface area contributed by atoms with Crippen LogP contribution in [0.15, 0.2) is 12.3 Å². The molecule has 0 bridgehead atoms. The van der Waals surface area contributed by atoms with Gasteiger partial charge in [0.05, 0.1) is 5.56 Å². The SMILES string of the molecule is Cc1ccnc(N2CCNCC2)c1C#N. The van der Waals surface area contributed by atoms with Gasteiger partial charge < -0.3 is 10.2 Å². The Hall–Kier alpha value is -1.60. The molecule has 4 nitrogen and oxygen atoms in total. The highest BCUT2D eigenvalue weighted by molar-refractivity contribution is 5.57. The number of hydrogen-bond acceptors (Lipinski definition) is 4. The molecule has 0 radical (unpaired) electrons. The van der Waals surface area contributed by atoms with Crippen molar-refractivity contribution in [3.05, 3.63) is 23.4 Å². The topological polar surface area (TPSA) is 52.0 Å². The summed E-state index contributed by atoms with van der Waals surface area (Å²) in [5.74, 6) is 0.832. The molecule has 1 aliphatic heterocycles. The molecule has 1 aliphatic rings. The van der Waals surface area contributed by atoms with Crippen LogP contribution in [0.3, 0.4) is 0 Å². The van der Waals surface area contributed by atoms with Crippen LogP contribution in [-0.4, -0.2) is 31.2 Å². The van der Waals surface area contributed by atoms with E-state index in [1.54, 1.807) is 6.20 Å². The number of anilines is 1. The van der Waals surface area contributed by atoms with Crippen molar-refractivity contribution in [1.29, 1.82) is 5.26 Å². The van der Waals surface area contributed by atoms with E-state index < -0.39 is 0 Å². The maximum atomic E-state index is 9.10. The molecular formula is C11H14N4. The number of pyridine rings is 1. The molecule has 1 fully saturated rings. The van der Waals surface area contributed by atoms with Gasteiger partial charge in [-0.3, -0.25) is 0 Å². The Morgan fingerprint density at radius 3 is 2.87 bits per heavy atom. The lowest BCUT2D eigenvalue weighted by molar-refractivity contribution is 0.584. The third kappa shape index (κ3) is 1.92. The van der Waals surface area contributed by atoms with Gasteiger partial charge in [0.25, 0.3) is 0 Å². The van der Waals surface area contributed by atoms with Gasteiger partial charge in [-0.2, -0.15) is 5.26 Å². The van der Waals surface area contributed by atoms with E-state index in [4.69, 9.17) is 5.26 Å². The monoisotopic (exact) mass is 202 g/mol. The first-order valence-corrected chi connectivity index (χ1v) is 5.14. The van der Waals surface area contributed by atoms with Crippen LogP contribution in [0.1, 0.15) is 11.1 Å². The summed E-state index contributed by atoms with van der Waals surface area (Å²) < 4.78 is 0. The normalized spacial score (nSPS) is 16.1. The van der Waals surface area contributed by atoms with Crippen molar-refractivity contribution in [2.24, 2.45) is 0 Å². The summed E-state index contributed by atoms with van der Waals surface area (Å²) in [6, 6.07) is 4.12. The van der Waals surface area contributed by atoms with E-state index in [2.05, 4.69) is 21.3 Å². The molecule has 1 N–H and O–H groups in total. The molecule has 2 heterocycles. The lowest BCUT2D eigenvalue weighted by Gasteiger charge is -2.29. The van der Waals surface area contributed by atoms with Crippen molar-refractivity contribution in [3.63, 3.8) is 0 Å². The zero-order chi connectivity index (χ0) is 10.7. The summed E-state index contributed by atoms with van der Waals surface area (Å²) in [5.41, 5.74) is 1.71. The molecule has 0 spiro atoms. The molecule has 0 aromatic carbocycles. The van der Waals surface area contributed by atoms with Gasteiger partial charge in [0.15, 0.2) is 0 Å². The molecule has 1 aromatic heterocycles. The predicted molar refractivity (Wildman–Crippen MR) is 58.8 cm³/mol. The number of hydrogen-bond donors (Lipinski definition) is 1. The summed E-state index contributed by atoms with van der Waals surface area (Å²) >= 11 is 0. The van der Waals surface area contributed by atoms with E-state index in [-0.39, 0.29) is 0 Å². The molecule has 0 saturated carbocycles. The third-order valence-electron chi connectivity index (χ3n) is 2.67. The van der Waals surface area contributed by atoms with Gasteiger partial charge in [0, 0.05) is 32.4 Å². The minimum absolute atomic E-state index is 0.708.